The SMILES string of the molecule is CCNCc1ccc(N(C)CCCN(C)C)nc1. The van der Waals surface area contributed by atoms with Crippen molar-refractivity contribution >= 4 is 5.82 Å². The number of rotatable bonds is 8. The van der Waals surface area contributed by atoms with E-state index in [9.17, 15) is 0 Å². The molecule has 0 fully saturated rings. The summed E-state index contributed by atoms with van der Waals surface area (Å²) in [6, 6.07) is 4.25. The first-order valence-electron chi connectivity index (χ1n) is 6.65. The molecule has 0 spiro atoms. The highest BCUT2D eigenvalue weighted by Crippen LogP contribution is 2.09. The third-order valence-electron chi connectivity index (χ3n) is 2.88. The smallest absolute Gasteiger partial charge is 0.128 e. The molecule has 0 saturated heterocycles. The van der Waals surface area contributed by atoms with E-state index in [0.717, 1.165) is 38.4 Å². The van der Waals surface area contributed by atoms with Gasteiger partial charge in [-0.05, 0) is 45.2 Å². The lowest BCUT2D eigenvalue weighted by atomic mass is 10.2. The van der Waals surface area contributed by atoms with Gasteiger partial charge in [-0.25, -0.2) is 4.98 Å². The molecule has 0 atom stereocenters. The first-order valence-corrected chi connectivity index (χ1v) is 6.65. The van der Waals surface area contributed by atoms with Crippen molar-refractivity contribution in [3.8, 4) is 0 Å². The molecule has 18 heavy (non-hydrogen) atoms. The minimum absolute atomic E-state index is 0.897. The molecule has 0 radical (unpaired) electrons. The van der Waals surface area contributed by atoms with E-state index in [4.69, 9.17) is 0 Å². The van der Waals surface area contributed by atoms with Gasteiger partial charge >= 0.3 is 0 Å². The van der Waals surface area contributed by atoms with Gasteiger partial charge in [-0.2, -0.15) is 0 Å². The molecule has 0 unspecified atom stereocenters. The molecular formula is C14H26N4. The molecule has 1 rings (SSSR count). The normalized spacial score (nSPS) is 10.9. The van der Waals surface area contributed by atoms with E-state index < -0.39 is 0 Å². The standard InChI is InChI=1S/C14H26N4/c1-5-15-11-13-7-8-14(16-12-13)18(4)10-6-9-17(2)3/h7-8,12,15H,5-6,9-11H2,1-4H3. The van der Waals surface area contributed by atoms with Gasteiger partial charge in [0, 0.05) is 26.3 Å². The molecule has 1 N–H and O–H groups in total. The lowest BCUT2D eigenvalue weighted by Crippen LogP contribution is -2.24. The van der Waals surface area contributed by atoms with Gasteiger partial charge in [0.15, 0.2) is 0 Å². The Balaban J connectivity index is 2.40. The van der Waals surface area contributed by atoms with Crippen molar-refractivity contribution in [3.63, 3.8) is 0 Å². The van der Waals surface area contributed by atoms with Crippen LogP contribution in [0.15, 0.2) is 18.3 Å². The fourth-order valence-corrected chi connectivity index (χ4v) is 1.76. The van der Waals surface area contributed by atoms with Crippen LogP contribution in [-0.4, -0.2) is 50.7 Å². The van der Waals surface area contributed by atoms with Gasteiger partial charge in [0.2, 0.25) is 0 Å². The predicted octanol–water partition coefficient (Wildman–Crippen LogP) is 1.58. The van der Waals surface area contributed by atoms with Crippen molar-refractivity contribution in [2.75, 3.05) is 45.7 Å². The topological polar surface area (TPSA) is 31.4 Å². The predicted molar refractivity (Wildman–Crippen MR) is 78.1 cm³/mol. The maximum Gasteiger partial charge on any atom is 0.128 e. The van der Waals surface area contributed by atoms with Crippen molar-refractivity contribution in [2.24, 2.45) is 0 Å². The van der Waals surface area contributed by atoms with Gasteiger partial charge in [0.05, 0.1) is 0 Å². The highest BCUT2D eigenvalue weighted by Gasteiger charge is 2.02. The molecule has 102 valence electrons. The van der Waals surface area contributed by atoms with Gasteiger partial charge in [-0.15, -0.1) is 0 Å². The Bertz CT molecular complexity index is 321. The van der Waals surface area contributed by atoms with E-state index in [-0.39, 0.29) is 0 Å². The largest absolute Gasteiger partial charge is 0.360 e. The Labute approximate surface area is 111 Å². The molecule has 0 amide bonds. The van der Waals surface area contributed by atoms with Crippen LogP contribution in [0.3, 0.4) is 0 Å². The van der Waals surface area contributed by atoms with Crippen LogP contribution in [0.1, 0.15) is 18.9 Å². The monoisotopic (exact) mass is 250 g/mol. The van der Waals surface area contributed by atoms with E-state index >= 15 is 0 Å². The van der Waals surface area contributed by atoms with Crippen molar-refractivity contribution < 1.29 is 0 Å². The molecule has 4 heteroatoms. The molecule has 0 bridgehead atoms. The second-order valence-electron chi connectivity index (χ2n) is 4.88. The van der Waals surface area contributed by atoms with Crippen molar-refractivity contribution in [1.29, 1.82) is 0 Å². The summed E-state index contributed by atoms with van der Waals surface area (Å²) in [7, 11) is 6.31. The minimum Gasteiger partial charge on any atom is -0.360 e. The molecule has 0 aromatic carbocycles. The molecule has 0 aliphatic rings. The molecule has 0 aliphatic heterocycles. The van der Waals surface area contributed by atoms with Gasteiger partial charge in [-0.3, -0.25) is 0 Å². The summed E-state index contributed by atoms with van der Waals surface area (Å²) >= 11 is 0. The number of nitrogens with zero attached hydrogens (tertiary/aromatic N) is 3. The zero-order valence-corrected chi connectivity index (χ0v) is 12.1. The Morgan fingerprint density at radius 2 is 1.94 bits per heavy atom. The number of aromatic nitrogens is 1. The number of hydrogen-bond acceptors (Lipinski definition) is 4. The number of nitrogens with one attached hydrogen (secondary N) is 1. The third-order valence-corrected chi connectivity index (χ3v) is 2.88. The highest BCUT2D eigenvalue weighted by molar-refractivity contribution is 5.38. The van der Waals surface area contributed by atoms with Crippen LogP contribution in [0.25, 0.3) is 0 Å². The van der Waals surface area contributed by atoms with Gasteiger partial charge in [0.25, 0.3) is 0 Å². The summed E-state index contributed by atoms with van der Waals surface area (Å²) in [5.41, 5.74) is 1.24. The first-order chi connectivity index (χ1) is 8.63. The molecule has 1 aromatic heterocycles. The van der Waals surface area contributed by atoms with E-state index in [1.165, 1.54) is 5.56 Å². The van der Waals surface area contributed by atoms with E-state index in [1.54, 1.807) is 0 Å². The average molecular weight is 250 g/mol. The number of pyridine rings is 1. The van der Waals surface area contributed by atoms with Crippen molar-refractivity contribution in [3.05, 3.63) is 23.9 Å². The van der Waals surface area contributed by atoms with Crippen LogP contribution < -0.4 is 10.2 Å². The molecule has 1 aromatic rings. The van der Waals surface area contributed by atoms with Crippen LogP contribution in [0.2, 0.25) is 0 Å². The Morgan fingerprint density at radius 3 is 2.50 bits per heavy atom. The summed E-state index contributed by atoms with van der Waals surface area (Å²) in [4.78, 5) is 8.92. The molecular weight excluding hydrogens is 224 g/mol. The summed E-state index contributed by atoms with van der Waals surface area (Å²) in [6.45, 7) is 6.15. The van der Waals surface area contributed by atoms with E-state index in [0.29, 0.717) is 0 Å². The van der Waals surface area contributed by atoms with Gasteiger partial charge in [-0.1, -0.05) is 13.0 Å². The molecule has 0 aliphatic carbocycles. The number of anilines is 1. The summed E-state index contributed by atoms with van der Waals surface area (Å²) in [5, 5.41) is 3.30. The van der Waals surface area contributed by atoms with E-state index in [2.05, 4.69) is 60.3 Å². The van der Waals surface area contributed by atoms with Crippen LogP contribution in [0.4, 0.5) is 5.82 Å². The van der Waals surface area contributed by atoms with E-state index in [1.807, 2.05) is 6.20 Å². The van der Waals surface area contributed by atoms with Crippen molar-refractivity contribution in [2.45, 2.75) is 19.9 Å². The van der Waals surface area contributed by atoms with Crippen molar-refractivity contribution in [1.82, 2.24) is 15.2 Å². The molecule has 4 nitrogen and oxygen atoms in total. The third kappa shape index (κ3) is 5.47. The Morgan fingerprint density at radius 1 is 1.17 bits per heavy atom. The zero-order valence-electron chi connectivity index (χ0n) is 12.1. The fraction of sp³-hybridized carbons (Fsp3) is 0.643. The Hall–Kier alpha value is -1.13. The summed E-state index contributed by atoms with van der Waals surface area (Å²) in [5.74, 6) is 1.05. The quantitative estimate of drug-likeness (QED) is 0.759. The zero-order chi connectivity index (χ0) is 13.4. The van der Waals surface area contributed by atoms with Gasteiger partial charge < -0.3 is 15.1 Å². The molecule has 1 heterocycles. The fourth-order valence-electron chi connectivity index (χ4n) is 1.76. The second-order valence-corrected chi connectivity index (χ2v) is 4.88. The molecule has 0 saturated carbocycles. The van der Waals surface area contributed by atoms with Crippen LogP contribution >= 0.6 is 0 Å². The van der Waals surface area contributed by atoms with Gasteiger partial charge in [0.1, 0.15) is 5.82 Å². The minimum atomic E-state index is 0.897. The first kappa shape index (κ1) is 14.9. The summed E-state index contributed by atoms with van der Waals surface area (Å²) < 4.78 is 0. The highest BCUT2D eigenvalue weighted by atomic mass is 15.2. The number of hydrogen-bond donors (Lipinski definition) is 1. The maximum atomic E-state index is 4.50. The average Bonchev–Trinajstić information content (AvgIpc) is 2.36. The maximum absolute atomic E-state index is 4.50. The van der Waals surface area contributed by atoms with Crippen LogP contribution in [0.5, 0.6) is 0 Å². The second kappa shape index (κ2) is 8.06. The Kier molecular flexibility index (Phi) is 6.68. The lowest BCUT2D eigenvalue weighted by molar-refractivity contribution is 0.401. The lowest BCUT2D eigenvalue weighted by Gasteiger charge is -2.19. The van der Waals surface area contributed by atoms with Crippen LogP contribution in [-0.2, 0) is 6.54 Å². The van der Waals surface area contributed by atoms with Crippen LogP contribution in [0, 0.1) is 0 Å². The summed E-state index contributed by atoms with van der Waals surface area (Å²) in [6.07, 6.45) is 3.12.